The van der Waals surface area contributed by atoms with Gasteiger partial charge in [0.25, 0.3) is 10.0 Å². The second kappa shape index (κ2) is 4.74. The molecule has 1 saturated heterocycles. The van der Waals surface area contributed by atoms with Crippen LogP contribution in [0.5, 0.6) is 0 Å². The molecule has 15 heavy (non-hydrogen) atoms. The van der Waals surface area contributed by atoms with Crippen molar-refractivity contribution >= 4 is 10.0 Å². The van der Waals surface area contributed by atoms with Gasteiger partial charge in [-0.1, -0.05) is 20.3 Å². The molecule has 1 aliphatic heterocycles. The fourth-order valence-electron chi connectivity index (χ4n) is 2.04. The fraction of sp³-hybridized carbons (Fsp3) is 1.00. The van der Waals surface area contributed by atoms with E-state index < -0.39 is 15.8 Å². The highest BCUT2D eigenvalue weighted by molar-refractivity contribution is 7.89. The second-order valence-electron chi connectivity index (χ2n) is 4.24. The van der Waals surface area contributed by atoms with Crippen LogP contribution in [0.1, 0.15) is 26.7 Å². The van der Waals surface area contributed by atoms with Gasteiger partial charge in [0.2, 0.25) is 0 Å². The van der Waals surface area contributed by atoms with Crippen molar-refractivity contribution in [2.45, 2.75) is 32.4 Å². The van der Waals surface area contributed by atoms with Crippen LogP contribution < -0.4 is 0 Å². The minimum absolute atomic E-state index is 0.164. The molecule has 1 aliphatic rings. The Balaban J connectivity index is 2.78. The van der Waals surface area contributed by atoms with Crippen molar-refractivity contribution in [2.75, 3.05) is 13.1 Å². The largest absolute Gasteiger partial charge is 0.350 e. The lowest BCUT2D eigenvalue weighted by Crippen LogP contribution is -2.45. The standard InChI is InChI=1S/C9H17F2NO2S/c1-3-8-4-7(2)5-12(6-8)15(13,14)9(10)11/h7-9H,3-6H2,1-2H3/t7-,8+/m1/s1. The SMILES string of the molecule is CC[C@H]1C[C@@H](C)CN(S(=O)(=O)C(F)F)C1. The van der Waals surface area contributed by atoms with Crippen LogP contribution in [0.2, 0.25) is 0 Å². The zero-order valence-electron chi connectivity index (χ0n) is 8.99. The van der Waals surface area contributed by atoms with Gasteiger partial charge in [0.05, 0.1) is 0 Å². The van der Waals surface area contributed by atoms with Crippen LogP contribution >= 0.6 is 0 Å². The molecule has 1 fully saturated rings. The summed E-state index contributed by atoms with van der Waals surface area (Å²) in [5.74, 6) is -2.92. The van der Waals surface area contributed by atoms with Crippen LogP contribution in [0.4, 0.5) is 8.78 Å². The zero-order valence-corrected chi connectivity index (χ0v) is 9.80. The summed E-state index contributed by atoms with van der Waals surface area (Å²) in [5.41, 5.74) is 0. The number of halogens is 2. The lowest BCUT2D eigenvalue weighted by molar-refractivity contribution is 0.176. The van der Waals surface area contributed by atoms with Gasteiger partial charge in [-0.25, -0.2) is 8.42 Å². The number of sulfonamides is 1. The highest BCUT2D eigenvalue weighted by atomic mass is 32.2. The Morgan fingerprint density at radius 1 is 1.40 bits per heavy atom. The van der Waals surface area contributed by atoms with Crippen LogP contribution in [-0.4, -0.2) is 31.6 Å². The monoisotopic (exact) mass is 241 g/mol. The molecule has 0 spiro atoms. The summed E-state index contributed by atoms with van der Waals surface area (Å²) < 4.78 is 48.1. The number of piperidine rings is 1. The van der Waals surface area contributed by atoms with E-state index in [2.05, 4.69) is 0 Å². The summed E-state index contributed by atoms with van der Waals surface area (Å²) in [6.07, 6.45) is 1.76. The normalized spacial score (nSPS) is 29.7. The molecule has 0 bridgehead atoms. The molecule has 0 N–H and O–H groups in total. The smallest absolute Gasteiger partial charge is 0.206 e. The third kappa shape index (κ3) is 2.87. The summed E-state index contributed by atoms with van der Waals surface area (Å²) in [7, 11) is -4.38. The van der Waals surface area contributed by atoms with E-state index in [1.54, 1.807) is 0 Å². The Morgan fingerprint density at radius 3 is 2.47 bits per heavy atom. The van der Waals surface area contributed by atoms with Gasteiger partial charge < -0.3 is 0 Å². The summed E-state index contributed by atoms with van der Waals surface area (Å²) in [6.45, 7) is 4.32. The van der Waals surface area contributed by atoms with Gasteiger partial charge in [-0.15, -0.1) is 0 Å². The van der Waals surface area contributed by atoms with Crippen LogP contribution in [0, 0.1) is 11.8 Å². The average Bonchev–Trinajstić information content (AvgIpc) is 2.16. The van der Waals surface area contributed by atoms with Gasteiger partial charge in [0.15, 0.2) is 0 Å². The maximum atomic E-state index is 12.3. The van der Waals surface area contributed by atoms with E-state index in [1.807, 2.05) is 13.8 Å². The first-order valence-corrected chi connectivity index (χ1v) is 6.65. The minimum Gasteiger partial charge on any atom is -0.206 e. The molecule has 0 saturated carbocycles. The number of alkyl halides is 2. The second-order valence-corrected chi connectivity index (χ2v) is 6.14. The van der Waals surface area contributed by atoms with Crippen molar-refractivity contribution in [1.29, 1.82) is 0 Å². The lowest BCUT2D eigenvalue weighted by Gasteiger charge is -2.34. The highest BCUT2D eigenvalue weighted by Gasteiger charge is 2.36. The number of nitrogens with zero attached hydrogens (tertiary/aromatic N) is 1. The molecule has 1 rings (SSSR count). The van der Waals surface area contributed by atoms with Crippen molar-refractivity contribution < 1.29 is 17.2 Å². The third-order valence-electron chi connectivity index (χ3n) is 2.88. The van der Waals surface area contributed by atoms with Crippen LogP contribution in [0.25, 0.3) is 0 Å². The number of hydrogen-bond acceptors (Lipinski definition) is 2. The summed E-state index contributed by atoms with van der Waals surface area (Å²) in [4.78, 5) is 0. The van der Waals surface area contributed by atoms with Gasteiger partial charge in [0.1, 0.15) is 0 Å². The molecule has 6 heteroatoms. The quantitative estimate of drug-likeness (QED) is 0.757. The van der Waals surface area contributed by atoms with Crippen molar-refractivity contribution in [3.63, 3.8) is 0 Å². The molecule has 0 aromatic rings. The van der Waals surface area contributed by atoms with E-state index in [0.717, 1.165) is 17.1 Å². The Labute approximate surface area is 89.5 Å². The van der Waals surface area contributed by atoms with Crippen molar-refractivity contribution in [3.05, 3.63) is 0 Å². The van der Waals surface area contributed by atoms with Gasteiger partial charge in [-0.2, -0.15) is 13.1 Å². The molecular formula is C9H17F2NO2S. The number of rotatable bonds is 3. The zero-order chi connectivity index (χ0) is 11.6. The molecule has 0 unspecified atom stereocenters. The first-order valence-electron chi connectivity index (χ1n) is 5.15. The lowest BCUT2D eigenvalue weighted by atomic mass is 9.90. The van der Waals surface area contributed by atoms with E-state index in [1.165, 1.54) is 0 Å². The number of hydrogen-bond donors (Lipinski definition) is 0. The molecule has 0 radical (unpaired) electrons. The summed E-state index contributed by atoms with van der Waals surface area (Å²) in [5, 5.41) is 0. The Hall–Kier alpha value is -0.230. The van der Waals surface area contributed by atoms with E-state index in [-0.39, 0.29) is 24.9 Å². The Morgan fingerprint density at radius 2 is 2.00 bits per heavy atom. The molecule has 0 aromatic carbocycles. The van der Waals surface area contributed by atoms with Crippen molar-refractivity contribution in [2.24, 2.45) is 11.8 Å². The minimum atomic E-state index is -4.38. The maximum Gasteiger partial charge on any atom is 0.350 e. The van der Waals surface area contributed by atoms with E-state index in [0.29, 0.717) is 0 Å². The molecule has 0 aromatic heterocycles. The molecule has 90 valence electrons. The van der Waals surface area contributed by atoms with Gasteiger partial charge >= 0.3 is 5.76 Å². The third-order valence-corrected chi connectivity index (χ3v) is 4.34. The van der Waals surface area contributed by atoms with Gasteiger partial charge in [-0.3, -0.25) is 0 Å². The van der Waals surface area contributed by atoms with Crippen LogP contribution in [0.15, 0.2) is 0 Å². The molecule has 2 atom stereocenters. The van der Waals surface area contributed by atoms with Crippen molar-refractivity contribution in [1.82, 2.24) is 4.31 Å². The predicted molar refractivity (Wildman–Crippen MR) is 54.1 cm³/mol. The summed E-state index contributed by atoms with van der Waals surface area (Å²) in [6, 6.07) is 0. The van der Waals surface area contributed by atoms with Gasteiger partial charge in [0, 0.05) is 13.1 Å². The maximum absolute atomic E-state index is 12.3. The van der Waals surface area contributed by atoms with E-state index in [4.69, 9.17) is 0 Å². The van der Waals surface area contributed by atoms with Crippen molar-refractivity contribution in [3.8, 4) is 0 Å². The molecule has 1 heterocycles. The fourth-order valence-corrected chi connectivity index (χ4v) is 3.15. The van der Waals surface area contributed by atoms with Gasteiger partial charge in [-0.05, 0) is 18.3 Å². The summed E-state index contributed by atoms with van der Waals surface area (Å²) >= 11 is 0. The predicted octanol–water partition coefficient (Wildman–Crippen LogP) is 1.91. The highest BCUT2D eigenvalue weighted by Crippen LogP contribution is 2.27. The first kappa shape index (κ1) is 12.8. The molecule has 3 nitrogen and oxygen atoms in total. The van der Waals surface area contributed by atoms with E-state index in [9.17, 15) is 17.2 Å². The Kier molecular flexibility index (Phi) is 4.06. The molecule has 0 amide bonds. The first-order chi connectivity index (χ1) is 6.87. The van der Waals surface area contributed by atoms with Crippen LogP contribution in [0.3, 0.4) is 0 Å². The van der Waals surface area contributed by atoms with E-state index >= 15 is 0 Å². The Bertz CT molecular complexity index is 305. The molecular weight excluding hydrogens is 224 g/mol. The van der Waals surface area contributed by atoms with Crippen LogP contribution in [-0.2, 0) is 10.0 Å². The average molecular weight is 241 g/mol. The molecule has 0 aliphatic carbocycles. The topological polar surface area (TPSA) is 37.4 Å².